The van der Waals surface area contributed by atoms with E-state index in [1.165, 1.54) is 35.8 Å². The minimum absolute atomic E-state index is 0.0810. The summed E-state index contributed by atoms with van der Waals surface area (Å²) in [5.41, 5.74) is 1.22. The standard InChI is InChI=1S/C20H15F3N2O4S2/c21-20(22,23)14-7-8-18(31(27,28)29)17(10-14)16-6-2-1-4-13(16)12-24-25-19(26)11-15-5-3-9-30-15/h1-10,12H,11H2,(H,25,26)(H,27,28,29). The molecule has 31 heavy (non-hydrogen) atoms. The largest absolute Gasteiger partial charge is 0.416 e. The summed E-state index contributed by atoms with van der Waals surface area (Å²) in [7, 11) is -4.80. The van der Waals surface area contributed by atoms with Crippen molar-refractivity contribution in [2.24, 2.45) is 5.10 Å². The summed E-state index contributed by atoms with van der Waals surface area (Å²) in [6.07, 6.45) is -3.42. The molecule has 0 unspecified atom stereocenters. The van der Waals surface area contributed by atoms with E-state index in [9.17, 15) is 30.9 Å². The smallest absolute Gasteiger partial charge is 0.282 e. The fourth-order valence-corrected chi connectivity index (χ4v) is 4.17. The van der Waals surface area contributed by atoms with E-state index in [-0.39, 0.29) is 23.1 Å². The van der Waals surface area contributed by atoms with Crippen molar-refractivity contribution < 1.29 is 30.9 Å². The maximum absolute atomic E-state index is 13.2. The molecule has 3 aromatic rings. The number of alkyl halides is 3. The number of hydrazone groups is 1. The number of nitrogens with one attached hydrogen (secondary N) is 1. The Balaban J connectivity index is 1.96. The van der Waals surface area contributed by atoms with Gasteiger partial charge in [0.25, 0.3) is 10.1 Å². The highest BCUT2D eigenvalue weighted by atomic mass is 32.2. The maximum atomic E-state index is 13.2. The van der Waals surface area contributed by atoms with Crippen LogP contribution < -0.4 is 5.43 Å². The number of thiophene rings is 1. The zero-order chi connectivity index (χ0) is 22.6. The minimum atomic E-state index is -4.80. The SMILES string of the molecule is O=C(Cc1cccs1)NN=Cc1ccccc1-c1cc(C(F)(F)F)ccc1S(=O)(=O)O. The number of rotatable bonds is 6. The Morgan fingerprint density at radius 2 is 1.84 bits per heavy atom. The lowest BCUT2D eigenvalue weighted by Crippen LogP contribution is -2.19. The highest BCUT2D eigenvalue weighted by Crippen LogP contribution is 2.36. The van der Waals surface area contributed by atoms with Crippen molar-refractivity contribution >= 4 is 33.6 Å². The van der Waals surface area contributed by atoms with Crippen LogP contribution in [0, 0.1) is 0 Å². The molecule has 2 N–H and O–H groups in total. The Morgan fingerprint density at radius 3 is 2.48 bits per heavy atom. The van der Waals surface area contributed by atoms with Gasteiger partial charge in [-0.1, -0.05) is 30.3 Å². The van der Waals surface area contributed by atoms with Crippen LogP contribution in [0.1, 0.15) is 16.0 Å². The van der Waals surface area contributed by atoms with Crippen LogP contribution in [0.25, 0.3) is 11.1 Å². The maximum Gasteiger partial charge on any atom is 0.416 e. The second-order valence-electron chi connectivity index (χ2n) is 6.32. The van der Waals surface area contributed by atoms with E-state index < -0.39 is 32.7 Å². The second kappa shape index (κ2) is 9.00. The zero-order valence-electron chi connectivity index (χ0n) is 15.6. The number of halogens is 3. The Morgan fingerprint density at radius 1 is 1.10 bits per heavy atom. The van der Waals surface area contributed by atoms with Gasteiger partial charge in [-0.2, -0.15) is 26.7 Å². The summed E-state index contributed by atoms with van der Waals surface area (Å²) >= 11 is 1.40. The van der Waals surface area contributed by atoms with Crippen LogP contribution in [-0.2, 0) is 27.5 Å². The molecule has 0 bridgehead atoms. The number of benzene rings is 2. The third kappa shape index (κ3) is 5.78. The fourth-order valence-electron chi connectivity index (χ4n) is 2.78. The first-order chi connectivity index (χ1) is 14.6. The quantitative estimate of drug-likeness (QED) is 0.319. The molecule has 0 spiro atoms. The molecule has 1 heterocycles. The fraction of sp³-hybridized carbons (Fsp3) is 0.100. The molecule has 0 saturated carbocycles. The molecule has 1 amide bonds. The third-order valence-electron chi connectivity index (χ3n) is 4.14. The molecular formula is C20H15F3N2O4S2. The number of nitrogens with zero attached hydrogens (tertiary/aromatic N) is 1. The number of hydrogen-bond donors (Lipinski definition) is 2. The van der Waals surface area contributed by atoms with Crippen molar-refractivity contribution in [3.8, 4) is 11.1 Å². The van der Waals surface area contributed by atoms with Gasteiger partial charge in [-0.15, -0.1) is 11.3 Å². The monoisotopic (exact) mass is 468 g/mol. The summed E-state index contributed by atoms with van der Waals surface area (Å²) in [5, 5.41) is 5.64. The lowest BCUT2D eigenvalue weighted by atomic mass is 9.98. The van der Waals surface area contributed by atoms with E-state index in [1.807, 2.05) is 5.38 Å². The molecule has 1 aromatic heterocycles. The van der Waals surface area contributed by atoms with E-state index in [0.29, 0.717) is 18.2 Å². The molecule has 0 radical (unpaired) electrons. The summed E-state index contributed by atoms with van der Waals surface area (Å²) in [4.78, 5) is 12.1. The van der Waals surface area contributed by atoms with Gasteiger partial charge in [-0.25, -0.2) is 5.43 Å². The molecule has 0 aliphatic rings. The van der Waals surface area contributed by atoms with Gasteiger partial charge in [0.2, 0.25) is 5.91 Å². The first kappa shape index (κ1) is 22.7. The van der Waals surface area contributed by atoms with Crippen molar-refractivity contribution in [2.45, 2.75) is 17.5 Å². The Hall–Kier alpha value is -3.02. The van der Waals surface area contributed by atoms with Gasteiger partial charge >= 0.3 is 6.18 Å². The van der Waals surface area contributed by atoms with Crippen LogP contribution >= 0.6 is 11.3 Å². The minimum Gasteiger partial charge on any atom is -0.282 e. The Bertz CT molecular complexity index is 1220. The van der Waals surface area contributed by atoms with E-state index in [1.54, 1.807) is 18.2 Å². The summed E-state index contributed by atoms with van der Waals surface area (Å²) in [6.45, 7) is 0. The number of carbonyl (C=O) groups excluding carboxylic acids is 1. The van der Waals surface area contributed by atoms with Crippen LogP contribution in [0.4, 0.5) is 13.2 Å². The van der Waals surface area contributed by atoms with Crippen molar-refractivity contribution in [1.82, 2.24) is 5.43 Å². The normalized spacial score (nSPS) is 12.3. The second-order valence-corrected chi connectivity index (χ2v) is 8.74. The molecule has 0 fully saturated rings. The third-order valence-corrected chi connectivity index (χ3v) is 5.93. The number of amides is 1. The van der Waals surface area contributed by atoms with Gasteiger partial charge in [0.1, 0.15) is 4.90 Å². The average Bonchev–Trinajstić information content (AvgIpc) is 3.19. The molecule has 0 aliphatic carbocycles. The first-order valence-electron chi connectivity index (χ1n) is 8.68. The van der Waals surface area contributed by atoms with Crippen molar-refractivity contribution in [2.75, 3.05) is 0 Å². The molecule has 11 heteroatoms. The van der Waals surface area contributed by atoms with Crippen LogP contribution in [0.3, 0.4) is 0 Å². The number of hydrogen-bond acceptors (Lipinski definition) is 5. The molecule has 0 aliphatic heterocycles. The summed E-state index contributed by atoms with van der Waals surface area (Å²) < 4.78 is 72.5. The molecule has 6 nitrogen and oxygen atoms in total. The van der Waals surface area contributed by atoms with E-state index in [2.05, 4.69) is 10.5 Å². The molecule has 0 saturated heterocycles. The highest BCUT2D eigenvalue weighted by Gasteiger charge is 2.32. The average molecular weight is 468 g/mol. The predicted octanol–water partition coefficient (Wildman–Crippen LogP) is 4.37. The van der Waals surface area contributed by atoms with E-state index in [0.717, 1.165) is 4.88 Å². The van der Waals surface area contributed by atoms with Gasteiger partial charge in [0.05, 0.1) is 18.2 Å². The molecule has 162 valence electrons. The molecular weight excluding hydrogens is 453 g/mol. The Kier molecular flexibility index (Phi) is 6.58. The lowest BCUT2D eigenvalue weighted by Gasteiger charge is -2.14. The van der Waals surface area contributed by atoms with Gasteiger partial charge in [0, 0.05) is 16.0 Å². The van der Waals surface area contributed by atoms with Crippen molar-refractivity contribution in [3.63, 3.8) is 0 Å². The van der Waals surface area contributed by atoms with Crippen molar-refractivity contribution in [3.05, 3.63) is 76.0 Å². The van der Waals surface area contributed by atoms with Gasteiger partial charge in [-0.05, 0) is 35.2 Å². The van der Waals surface area contributed by atoms with Crippen LogP contribution in [0.5, 0.6) is 0 Å². The van der Waals surface area contributed by atoms with Crippen LogP contribution in [0.2, 0.25) is 0 Å². The highest BCUT2D eigenvalue weighted by molar-refractivity contribution is 7.86. The Labute approximate surface area is 179 Å². The summed E-state index contributed by atoms with van der Waals surface area (Å²) in [6, 6.07) is 11.4. The first-order valence-corrected chi connectivity index (χ1v) is 11.0. The lowest BCUT2D eigenvalue weighted by molar-refractivity contribution is -0.137. The predicted molar refractivity (Wildman–Crippen MR) is 110 cm³/mol. The van der Waals surface area contributed by atoms with Crippen molar-refractivity contribution in [1.29, 1.82) is 0 Å². The molecule has 0 atom stereocenters. The van der Waals surface area contributed by atoms with Gasteiger partial charge in [-0.3, -0.25) is 9.35 Å². The molecule has 3 rings (SSSR count). The van der Waals surface area contributed by atoms with Crippen LogP contribution in [0.15, 0.2) is 70.0 Å². The van der Waals surface area contributed by atoms with E-state index in [4.69, 9.17) is 0 Å². The topological polar surface area (TPSA) is 95.8 Å². The summed E-state index contributed by atoms with van der Waals surface area (Å²) in [5.74, 6) is -0.395. The zero-order valence-corrected chi connectivity index (χ0v) is 17.3. The van der Waals surface area contributed by atoms with Gasteiger partial charge < -0.3 is 0 Å². The number of carbonyl (C=O) groups is 1. The van der Waals surface area contributed by atoms with E-state index >= 15 is 0 Å². The van der Waals surface area contributed by atoms with Crippen LogP contribution in [-0.4, -0.2) is 25.1 Å². The van der Waals surface area contributed by atoms with Gasteiger partial charge in [0.15, 0.2) is 0 Å². The molecule has 2 aromatic carbocycles.